The molecular weight excluding hydrogens is 424 g/mol. The quantitative estimate of drug-likeness (QED) is 0.341. The zero-order valence-electron chi connectivity index (χ0n) is 14.6. The maximum atomic E-state index is 12.7. The van der Waals surface area contributed by atoms with Crippen LogP contribution in [-0.2, 0) is 13.1 Å². The number of nitrogens with zero attached hydrogens (tertiary/aromatic N) is 2. The van der Waals surface area contributed by atoms with E-state index in [1.54, 1.807) is 24.3 Å². The van der Waals surface area contributed by atoms with E-state index < -0.39 is 0 Å². The second-order valence-electron chi connectivity index (χ2n) is 6.28. The molecule has 0 aliphatic carbocycles. The highest BCUT2D eigenvalue weighted by Crippen LogP contribution is 2.15. The van der Waals surface area contributed by atoms with Crippen molar-refractivity contribution in [3.8, 4) is 0 Å². The molecule has 1 aromatic heterocycles. The lowest BCUT2D eigenvalue weighted by Gasteiger charge is -1.99. The van der Waals surface area contributed by atoms with Crippen molar-refractivity contribution in [3.63, 3.8) is 0 Å². The molecule has 0 radical (unpaired) electrons. The van der Waals surface area contributed by atoms with E-state index in [0.29, 0.717) is 17.1 Å². The molecule has 0 aliphatic rings. The summed E-state index contributed by atoms with van der Waals surface area (Å²) < 4.78 is 4.19. The molecule has 136 valence electrons. The number of carbonyl (C=O) groups excluding carboxylic acids is 1. The number of Topliss-reactive ketones (excluding diaryl/α,β-unsaturated/α-hetero) is 1. The number of imidazole rings is 1. The summed E-state index contributed by atoms with van der Waals surface area (Å²) in [6, 6.07) is 25.5. The Bertz CT molecular complexity index is 1060. The fourth-order valence-electron chi connectivity index (χ4n) is 3.16. The molecule has 0 atom stereocenters. The van der Waals surface area contributed by atoms with Crippen LogP contribution in [0.25, 0.3) is 11.0 Å². The fraction of sp³-hybridized carbons (Fsp3) is 0.0909. The molecule has 4 aromatic rings. The van der Waals surface area contributed by atoms with Gasteiger partial charge in [-0.3, -0.25) is 4.79 Å². The molecule has 1 heterocycles. The zero-order chi connectivity index (χ0) is 17.9. The first-order valence-electron chi connectivity index (χ1n) is 8.51. The van der Waals surface area contributed by atoms with Gasteiger partial charge in [-0.2, -0.15) is 0 Å². The zero-order valence-corrected chi connectivity index (χ0v) is 16.9. The first-order chi connectivity index (χ1) is 12.7. The van der Waals surface area contributed by atoms with E-state index >= 15 is 0 Å². The molecule has 3 aromatic carbocycles. The predicted molar refractivity (Wildman–Crippen MR) is 103 cm³/mol. The van der Waals surface area contributed by atoms with Crippen molar-refractivity contribution in [2.45, 2.75) is 13.1 Å². The van der Waals surface area contributed by atoms with Crippen LogP contribution in [0.15, 0.2) is 85.2 Å². The van der Waals surface area contributed by atoms with Crippen LogP contribution < -0.4 is 21.5 Å². The highest BCUT2D eigenvalue weighted by molar-refractivity contribution is 6.30. The van der Waals surface area contributed by atoms with Crippen LogP contribution in [0.5, 0.6) is 0 Å². The van der Waals surface area contributed by atoms with Crippen molar-refractivity contribution >= 4 is 28.4 Å². The van der Waals surface area contributed by atoms with E-state index in [1.165, 1.54) is 5.56 Å². The number of benzene rings is 3. The molecule has 0 N–H and O–H groups in total. The first kappa shape index (κ1) is 19.3. The lowest BCUT2D eigenvalue weighted by atomic mass is 10.1. The molecule has 3 nitrogen and oxygen atoms in total. The van der Waals surface area contributed by atoms with Crippen LogP contribution in [-0.4, -0.2) is 10.4 Å². The minimum atomic E-state index is 0. The average molecular weight is 442 g/mol. The summed E-state index contributed by atoms with van der Waals surface area (Å²) in [6.07, 6.45) is 2.02. The highest BCUT2D eigenvalue weighted by atomic mass is 79.9. The van der Waals surface area contributed by atoms with Gasteiger partial charge in [0, 0.05) is 10.6 Å². The SMILES string of the molecule is O=C(Cn1c[n+](Cc2ccccc2)c2ccccc21)c1ccc(Cl)cc1.[Br-]. The molecule has 0 aliphatic heterocycles. The van der Waals surface area contributed by atoms with Gasteiger partial charge in [-0.25, -0.2) is 9.13 Å². The van der Waals surface area contributed by atoms with Crippen LogP contribution in [0.3, 0.4) is 0 Å². The first-order valence-corrected chi connectivity index (χ1v) is 8.88. The molecule has 27 heavy (non-hydrogen) atoms. The summed E-state index contributed by atoms with van der Waals surface area (Å²) in [7, 11) is 0. The molecule has 0 amide bonds. The summed E-state index contributed by atoms with van der Waals surface area (Å²) in [5, 5.41) is 0.633. The van der Waals surface area contributed by atoms with Crippen molar-refractivity contribution in [1.29, 1.82) is 0 Å². The molecule has 0 saturated carbocycles. The average Bonchev–Trinajstić information content (AvgIpc) is 3.01. The number of halogens is 2. The summed E-state index contributed by atoms with van der Waals surface area (Å²) >= 11 is 5.92. The Morgan fingerprint density at radius 2 is 1.56 bits per heavy atom. The summed E-state index contributed by atoms with van der Waals surface area (Å²) in [4.78, 5) is 12.7. The van der Waals surface area contributed by atoms with Gasteiger partial charge in [-0.15, -0.1) is 0 Å². The molecule has 0 spiro atoms. The third-order valence-electron chi connectivity index (χ3n) is 4.46. The normalized spacial score (nSPS) is 10.6. The number of hydrogen-bond acceptors (Lipinski definition) is 1. The standard InChI is InChI=1S/C22H18ClN2O.BrH/c23-19-12-10-18(11-13-19)22(26)15-25-16-24(14-17-6-2-1-3-7-17)20-8-4-5-9-21(20)25;/h1-13,16H,14-15H2;1H/q+1;/p-1. The Morgan fingerprint density at radius 1 is 0.889 bits per heavy atom. The Kier molecular flexibility index (Phi) is 6.09. The van der Waals surface area contributed by atoms with E-state index in [0.717, 1.165) is 17.6 Å². The Balaban J connectivity index is 0.00000210. The van der Waals surface area contributed by atoms with Crippen molar-refractivity contribution in [3.05, 3.63) is 101 Å². The van der Waals surface area contributed by atoms with E-state index in [4.69, 9.17) is 11.6 Å². The van der Waals surface area contributed by atoms with Gasteiger partial charge >= 0.3 is 0 Å². The second kappa shape index (κ2) is 8.51. The minimum absolute atomic E-state index is 0. The molecule has 4 rings (SSSR count). The van der Waals surface area contributed by atoms with Crippen LogP contribution in [0.1, 0.15) is 15.9 Å². The van der Waals surface area contributed by atoms with Crippen LogP contribution >= 0.6 is 11.6 Å². The van der Waals surface area contributed by atoms with E-state index in [-0.39, 0.29) is 22.8 Å². The molecule has 0 saturated heterocycles. The van der Waals surface area contributed by atoms with Gasteiger partial charge in [-0.1, -0.05) is 54.1 Å². The number of para-hydroxylation sites is 2. The Labute approximate surface area is 173 Å². The molecule has 5 heteroatoms. The summed E-state index contributed by atoms with van der Waals surface area (Å²) in [6.45, 7) is 1.06. The Morgan fingerprint density at radius 3 is 2.30 bits per heavy atom. The van der Waals surface area contributed by atoms with Gasteiger partial charge in [0.2, 0.25) is 12.1 Å². The molecular formula is C22H18BrClN2O. The molecule has 0 fully saturated rings. The third kappa shape index (κ3) is 4.29. The fourth-order valence-corrected chi connectivity index (χ4v) is 3.28. The van der Waals surface area contributed by atoms with Crippen molar-refractivity contribution in [2.75, 3.05) is 0 Å². The number of carbonyl (C=O) groups is 1. The van der Waals surface area contributed by atoms with Gasteiger partial charge < -0.3 is 17.0 Å². The van der Waals surface area contributed by atoms with E-state index in [9.17, 15) is 4.79 Å². The summed E-state index contributed by atoms with van der Waals surface area (Å²) in [5.74, 6) is 0.0641. The lowest BCUT2D eigenvalue weighted by Crippen LogP contribution is -3.00. The van der Waals surface area contributed by atoms with Crippen LogP contribution in [0, 0.1) is 0 Å². The predicted octanol–water partition coefficient (Wildman–Crippen LogP) is 1.52. The third-order valence-corrected chi connectivity index (χ3v) is 4.71. The van der Waals surface area contributed by atoms with Gasteiger partial charge in [-0.05, 0) is 42.0 Å². The lowest BCUT2D eigenvalue weighted by molar-refractivity contribution is -0.663. The number of fused-ring (bicyclic) bond motifs is 1. The van der Waals surface area contributed by atoms with Gasteiger partial charge in [0.25, 0.3) is 0 Å². The monoisotopic (exact) mass is 440 g/mol. The topological polar surface area (TPSA) is 25.9 Å². The second-order valence-corrected chi connectivity index (χ2v) is 6.71. The Hall–Kier alpha value is -2.43. The number of aromatic nitrogens is 2. The van der Waals surface area contributed by atoms with Crippen molar-refractivity contribution in [1.82, 2.24) is 4.57 Å². The highest BCUT2D eigenvalue weighted by Gasteiger charge is 2.18. The van der Waals surface area contributed by atoms with E-state index in [2.05, 4.69) is 22.8 Å². The van der Waals surface area contributed by atoms with E-state index in [1.807, 2.05) is 47.3 Å². The smallest absolute Gasteiger partial charge is 0.245 e. The number of rotatable bonds is 5. The van der Waals surface area contributed by atoms with Gasteiger partial charge in [0.1, 0.15) is 6.54 Å². The largest absolute Gasteiger partial charge is 1.00 e. The minimum Gasteiger partial charge on any atom is -1.00 e. The van der Waals surface area contributed by atoms with Gasteiger partial charge in [0.15, 0.2) is 17.6 Å². The number of ketones is 1. The van der Waals surface area contributed by atoms with Crippen LogP contribution in [0.4, 0.5) is 0 Å². The summed E-state index contributed by atoms with van der Waals surface area (Å²) in [5.41, 5.74) is 4.05. The van der Waals surface area contributed by atoms with Crippen LogP contribution in [0.2, 0.25) is 5.02 Å². The van der Waals surface area contributed by atoms with Crippen molar-refractivity contribution in [2.24, 2.45) is 0 Å². The maximum Gasteiger partial charge on any atom is 0.245 e. The molecule has 0 unspecified atom stereocenters. The maximum absolute atomic E-state index is 12.7. The molecule has 0 bridgehead atoms. The van der Waals surface area contributed by atoms with Gasteiger partial charge in [0.05, 0.1) is 0 Å². The van der Waals surface area contributed by atoms with Crippen molar-refractivity contribution < 1.29 is 26.3 Å². The number of hydrogen-bond donors (Lipinski definition) is 0.